The van der Waals surface area contributed by atoms with Crippen molar-refractivity contribution in [1.82, 2.24) is 4.90 Å². The van der Waals surface area contributed by atoms with Gasteiger partial charge in [0.25, 0.3) is 5.91 Å². The lowest BCUT2D eigenvalue weighted by Gasteiger charge is -2.31. The van der Waals surface area contributed by atoms with Gasteiger partial charge < -0.3 is 11.1 Å². The number of nitrogens with one attached hydrogen (secondary N) is 1. The monoisotopic (exact) mass is 355 g/mol. The number of halogens is 1. The fourth-order valence-electron chi connectivity index (χ4n) is 3.26. The number of amides is 2. The van der Waals surface area contributed by atoms with Crippen molar-refractivity contribution in [3.8, 4) is 0 Å². The van der Waals surface area contributed by atoms with Gasteiger partial charge in [-0.1, -0.05) is 30.3 Å². The Kier molecular flexibility index (Phi) is 5.63. The summed E-state index contributed by atoms with van der Waals surface area (Å²) in [7, 11) is 0. The molecule has 1 aliphatic rings. The van der Waals surface area contributed by atoms with E-state index in [9.17, 15) is 14.0 Å². The van der Waals surface area contributed by atoms with E-state index in [1.54, 1.807) is 36.4 Å². The van der Waals surface area contributed by atoms with Crippen LogP contribution in [0.3, 0.4) is 0 Å². The average Bonchev–Trinajstić information content (AvgIpc) is 2.64. The second-order valence-electron chi connectivity index (χ2n) is 6.54. The van der Waals surface area contributed by atoms with E-state index in [0.717, 1.165) is 13.1 Å². The number of hydrogen-bond acceptors (Lipinski definition) is 3. The maximum Gasteiger partial charge on any atom is 0.250 e. The number of piperidine rings is 1. The Morgan fingerprint density at radius 3 is 2.42 bits per heavy atom. The van der Waals surface area contributed by atoms with Crippen LogP contribution in [0.25, 0.3) is 0 Å². The van der Waals surface area contributed by atoms with Gasteiger partial charge in [-0.05, 0) is 44.1 Å². The summed E-state index contributed by atoms with van der Waals surface area (Å²) in [5.41, 5.74) is 6.76. The molecule has 2 aromatic rings. The Morgan fingerprint density at radius 2 is 1.73 bits per heavy atom. The number of rotatable bonds is 5. The molecule has 0 unspecified atom stereocenters. The number of anilines is 1. The fraction of sp³-hybridized carbons (Fsp3) is 0.300. The highest BCUT2D eigenvalue weighted by atomic mass is 19.1. The third-order valence-corrected chi connectivity index (χ3v) is 4.76. The minimum absolute atomic E-state index is 0.107. The van der Waals surface area contributed by atoms with E-state index >= 15 is 0 Å². The number of nitrogens with zero attached hydrogens (tertiary/aromatic N) is 1. The maximum absolute atomic E-state index is 13.8. The number of carbonyl (C=O) groups is 2. The van der Waals surface area contributed by atoms with Crippen LogP contribution in [0.2, 0.25) is 0 Å². The van der Waals surface area contributed by atoms with Gasteiger partial charge >= 0.3 is 0 Å². The van der Waals surface area contributed by atoms with Crippen LogP contribution in [-0.4, -0.2) is 29.8 Å². The zero-order chi connectivity index (χ0) is 18.5. The lowest BCUT2D eigenvalue weighted by molar-refractivity contribution is -0.121. The van der Waals surface area contributed by atoms with E-state index in [4.69, 9.17) is 5.73 Å². The molecule has 136 valence electrons. The van der Waals surface area contributed by atoms with Crippen LogP contribution >= 0.6 is 0 Å². The maximum atomic E-state index is 13.8. The van der Waals surface area contributed by atoms with Crippen molar-refractivity contribution >= 4 is 17.5 Å². The molecule has 26 heavy (non-hydrogen) atoms. The number of likely N-dealkylation sites (tertiary alicyclic amines) is 1. The van der Waals surface area contributed by atoms with Gasteiger partial charge in [0.2, 0.25) is 5.91 Å². The molecule has 1 fully saturated rings. The van der Waals surface area contributed by atoms with Crippen LogP contribution in [0.1, 0.15) is 28.8 Å². The minimum Gasteiger partial charge on any atom is -0.366 e. The lowest BCUT2D eigenvalue weighted by Crippen LogP contribution is -2.38. The molecule has 1 heterocycles. The van der Waals surface area contributed by atoms with Crippen LogP contribution in [0, 0.1) is 11.7 Å². The van der Waals surface area contributed by atoms with E-state index in [-0.39, 0.29) is 17.6 Å². The third-order valence-electron chi connectivity index (χ3n) is 4.76. The zero-order valence-electron chi connectivity index (χ0n) is 14.5. The largest absolute Gasteiger partial charge is 0.366 e. The van der Waals surface area contributed by atoms with Gasteiger partial charge in [-0.25, -0.2) is 4.39 Å². The third kappa shape index (κ3) is 4.26. The lowest BCUT2D eigenvalue weighted by atomic mass is 9.95. The SMILES string of the molecule is NC(=O)c1ccccc1NC(=O)C1CCN(Cc2ccccc2F)CC1. The van der Waals surface area contributed by atoms with E-state index in [2.05, 4.69) is 10.2 Å². The smallest absolute Gasteiger partial charge is 0.250 e. The summed E-state index contributed by atoms with van der Waals surface area (Å²) in [4.78, 5) is 26.1. The molecular weight excluding hydrogens is 333 g/mol. The van der Waals surface area contributed by atoms with Crippen LogP contribution in [-0.2, 0) is 11.3 Å². The van der Waals surface area contributed by atoms with Gasteiger partial charge in [0.15, 0.2) is 0 Å². The molecule has 3 N–H and O–H groups in total. The molecule has 2 amide bonds. The van der Waals surface area contributed by atoms with Gasteiger partial charge in [-0.3, -0.25) is 14.5 Å². The van der Waals surface area contributed by atoms with Crippen molar-refractivity contribution in [3.05, 3.63) is 65.5 Å². The van der Waals surface area contributed by atoms with Gasteiger partial charge in [-0.15, -0.1) is 0 Å². The predicted octanol–water partition coefficient (Wildman–Crippen LogP) is 2.78. The van der Waals surface area contributed by atoms with Crippen molar-refractivity contribution in [2.45, 2.75) is 19.4 Å². The molecule has 0 radical (unpaired) electrons. The van der Waals surface area contributed by atoms with E-state index in [1.165, 1.54) is 6.07 Å². The zero-order valence-corrected chi connectivity index (χ0v) is 14.5. The first-order valence-electron chi connectivity index (χ1n) is 8.70. The molecule has 1 aliphatic heterocycles. The highest BCUT2D eigenvalue weighted by molar-refractivity contribution is 6.03. The second kappa shape index (κ2) is 8.10. The van der Waals surface area contributed by atoms with Crippen molar-refractivity contribution in [1.29, 1.82) is 0 Å². The quantitative estimate of drug-likeness (QED) is 0.866. The fourth-order valence-corrected chi connectivity index (χ4v) is 3.26. The summed E-state index contributed by atoms with van der Waals surface area (Å²) in [6, 6.07) is 13.5. The molecule has 0 saturated carbocycles. The summed E-state index contributed by atoms with van der Waals surface area (Å²) in [5.74, 6) is -1.01. The highest BCUT2D eigenvalue weighted by Crippen LogP contribution is 2.23. The topological polar surface area (TPSA) is 75.4 Å². The van der Waals surface area contributed by atoms with Crippen LogP contribution < -0.4 is 11.1 Å². The molecule has 0 aliphatic carbocycles. The van der Waals surface area contributed by atoms with Crippen LogP contribution in [0.5, 0.6) is 0 Å². The summed E-state index contributed by atoms with van der Waals surface area (Å²) in [5, 5.41) is 2.82. The number of primary amides is 1. The van der Waals surface area contributed by atoms with Crippen LogP contribution in [0.4, 0.5) is 10.1 Å². The first-order valence-corrected chi connectivity index (χ1v) is 8.70. The average molecular weight is 355 g/mol. The number of benzene rings is 2. The van der Waals surface area contributed by atoms with Gasteiger partial charge in [0.05, 0.1) is 11.3 Å². The number of nitrogens with two attached hydrogens (primary N) is 1. The van der Waals surface area contributed by atoms with E-state index in [1.807, 2.05) is 6.07 Å². The van der Waals surface area contributed by atoms with Gasteiger partial charge in [0, 0.05) is 18.0 Å². The summed E-state index contributed by atoms with van der Waals surface area (Å²) >= 11 is 0. The Morgan fingerprint density at radius 1 is 1.08 bits per heavy atom. The molecule has 0 atom stereocenters. The molecule has 0 aromatic heterocycles. The highest BCUT2D eigenvalue weighted by Gasteiger charge is 2.26. The molecule has 3 rings (SSSR count). The van der Waals surface area contributed by atoms with E-state index < -0.39 is 5.91 Å². The van der Waals surface area contributed by atoms with Crippen LogP contribution in [0.15, 0.2) is 48.5 Å². The predicted molar refractivity (Wildman–Crippen MR) is 98.0 cm³/mol. The molecule has 1 saturated heterocycles. The standard InChI is InChI=1S/C20H22FN3O2/c21-17-7-3-1-5-15(17)13-24-11-9-14(10-12-24)20(26)23-18-8-4-2-6-16(18)19(22)25/h1-8,14H,9-13H2,(H2,22,25)(H,23,26). The number of para-hydroxylation sites is 1. The Hall–Kier alpha value is -2.73. The Labute approximate surface area is 152 Å². The first kappa shape index (κ1) is 18.1. The normalized spacial score (nSPS) is 15.6. The summed E-state index contributed by atoms with van der Waals surface area (Å²) < 4.78 is 13.8. The molecule has 6 heteroatoms. The van der Waals surface area contributed by atoms with Crippen molar-refractivity contribution < 1.29 is 14.0 Å². The summed E-state index contributed by atoms with van der Waals surface area (Å²) in [6.07, 6.45) is 1.39. The molecule has 0 spiro atoms. The second-order valence-corrected chi connectivity index (χ2v) is 6.54. The Balaban J connectivity index is 1.56. The van der Waals surface area contributed by atoms with Crippen molar-refractivity contribution in [3.63, 3.8) is 0 Å². The molecule has 0 bridgehead atoms. The van der Waals surface area contributed by atoms with Gasteiger partial charge in [-0.2, -0.15) is 0 Å². The first-order chi connectivity index (χ1) is 12.5. The molecule has 5 nitrogen and oxygen atoms in total. The summed E-state index contributed by atoms with van der Waals surface area (Å²) in [6.45, 7) is 2.00. The van der Waals surface area contributed by atoms with E-state index in [0.29, 0.717) is 36.2 Å². The molecular formula is C20H22FN3O2. The van der Waals surface area contributed by atoms with Crippen molar-refractivity contribution in [2.75, 3.05) is 18.4 Å². The Bertz CT molecular complexity index is 801. The number of hydrogen-bond donors (Lipinski definition) is 2. The minimum atomic E-state index is -0.569. The van der Waals surface area contributed by atoms with Crippen molar-refractivity contribution in [2.24, 2.45) is 11.7 Å². The van der Waals surface area contributed by atoms with Gasteiger partial charge in [0.1, 0.15) is 5.82 Å². The number of carbonyl (C=O) groups excluding carboxylic acids is 2. The molecule has 2 aromatic carbocycles.